The first-order valence-corrected chi connectivity index (χ1v) is 5.34. The smallest absolute Gasteiger partial charge is 0.298 e. The van der Waals surface area contributed by atoms with E-state index in [4.69, 9.17) is 9.47 Å². The normalized spacial score (nSPS) is 13.3. The van der Waals surface area contributed by atoms with Gasteiger partial charge in [-0.1, -0.05) is 0 Å². The van der Waals surface area contributed by atoms with Gasteiger partial charge < -0.3 is 9.47 Å². The number of nitro benzene ring substituents is 1. The zero-order valence-corrected chi connectivity index (χ0v) is 9.28. The van der Waals surface area contributed by atoms with Gasteiger partial charge in [0, 0.05) is 18.5 Å². The van der Waals surface area contributed by atoms with E-state index in [9.17, 15) is 10.1 Å². The van der Waals surface area contributed by atoms with Crippen LogP contribution in [0.15, 0.2) is 30.6 Å². The molecule has 2 heterocycles. The number of fused-ring (bicyclic) bond motifs is 1. The van der Waals surface area contributed by atoms with E-state index in [0.717, 1.165) is 0 Å². The summed E-state index contributed by atoms with van der Waals surface area (Å²) in [5.41, 5.74) is 0.289. The highest BCUT2D eigenvalue weighted by Crippen LogP contribution is 2.37. The van der Waals surface area contributed by atoms with Crippen LogP contribution in [0.5, 0.6) is 11.5 Å². The minimum atomic E-state index is -0.463. The molecule has 0 amide bonds. The summed E-state index contributed by atoms with van der Waals surface area (Å²) < 4.78 is 12.2. The number of nitrogens with zero attached hydrogens (tertiary/aromatic N) is 3. The Balaban J connectivity index is 2.19. The van der Waals surface area contributed by atoms with Crippen molar-refractivity contribution < 1.29 is 14.4 Å². The summed E-state index contributed by atoms with van der Waals surface area (Å²) in [6.07, 6.45) is 3.19. The summed E-state index contributed by atoms with van der Waals surface area (Å²) in [4.78, 5) is 10.6. The fraction of sp³-hybridized carbons (Fsp3) is 0.182. The molecule has 92 valence electrons. The van der Waals surface area contributed by atoms with Crippen molar-refractivity contribution in [1.29, 1.82) is 0 Å². The van der Waals surface area contributed by atoms with Crippen molar-refractivity contribution in [1.82, 2.24) is 9.78 Å². The fourth-order valence-electron chi connectivity index (χ4n) is 1.81. The van der Waals surface area contributed by atoms with Crippen LogP contribution in [0.25, 0.3) is 5.69 Å². The molecule has 0 spiro atoms. The van der Waals surface area contributed by atoms with Crippen LogP contribution in [0, 0.1) is 10.1 Å². The van der Waals surface area contributed by atoms with E-state index in [-0.39, 0.29) is 5.69 Å². The molecule has 0 radical (unpaired) electrons. The Morgan fingerprint density at radius 1 is 1.28 bits per heavy atom. The SMILES string of the molecule is O=[N+]([O-])c1cc2c(cc1-n1cccn1)OCCO2. The molecular formula is C11H9N3O4. The van der Waals surface area contributed by atoms with Gasteiger partial charge in [-0.15, -0.1) is 0 Å². The summed E-state index contributed by atoms with van der Waals surface area (Å²) >= 11 is 0. The third-order valence-electron chi connectivity index (χ3n) is 2.59. The van der Waals surface area contributed by atoms with Crippen molar-refractivity contribution in [3.63, 3.8) is 0 Å². The van der Waals surface area contributed by atoms with Gasteiger partial charge in [0.15, 0.2) is 11.5 Å². The molecule has 0 N–H and O–H groups in total. The molecule has 18 heavy (non-hydrogen) atoms. The van der Waals surface area contributed by atoms with Gasteiger partial charge in [-0.3, -0.25) is 10.1 Å². The molecule has 0 saturated heterocycles. The summed E-state index contributed by atoms with van der Waals surface area (Å²) in [5.74, 6) is 0.890. The zero-order chi connectivity index (χ0) is 12.5. The molecular weight excluding hydrogens is 238 g/mol. The monoisotopic (exact) mass is 247 g/mol. The maximum Gasteiger partial charge on any atom is 0.298 e. The second-order valence-corrected chi connectivity index (χ2v) is 3.69. The van der Waals surface area contributed by atoms with Crippen molar-refractivity contribution in [3.8, 4) is 17.2 Å². The maximum atomic E-state index is 11.1. The molecule has 0 atom stereocenters. The predicted molar refractivity (Wildman–Crippen MR) is 61.2 cm³/mol. The van der Waals surface area contributed by atoms with Crippen LogP contribution in [0.4, 0.5) is 5.69 Å². The fourth-order valence-corrected chi connectivity index (χ4v) is 1.81. The lowest BCUT2D eigenvalue weighted by molar-refractivity contribution is -0.384. The first-order valence-electron chi connectivity index (χ1n) is 5.34. The number of ether oxygens (including phenoxy) is 2. The van der Waals surface area contributed by atoms with Crippen LogP contribution >= 0.6 is 0 Å². The molecule has 0 saturated carbocycles. The number of rotatable bonds is 2. The second kappa shape index (κ2) is 4.02. The van der Waals surface area contributed by atoms with Gasteiger partial charge in [-0.2, -0.15) is 5.10 Å². The lowest BCUT2D eigenvalue weighted by Crippen LogP contribution is -2.16. The topological polar surface area (TPSA) is 79.4 Å². The first kappa shape index (κ1) is 10.6. The van der Waals surface area contributed by atoms with Crippen LogP contribution in [0.2, 0.25) is 0 Å². The van der Waals surface area contributed by atoms with Crippen LogP contribution in [0.1, 0.15) is 0 Å². The van der Waals surface area contributed by atoms with Gasteiger partial charge in [-0.25, -0.2) is 4.68 Å². The highest BCUT2D eigenvalue weighted by atomic mass is 16.6. The second-order valence-electron chi connectivity index (χ2n) is 3.69. The Morgan fingerprint density at radius 3 is 2.61 bits per heavy atom. The molecule has 3 rings (SSSR count). The van der Waals surface area contributed by atoms with E-state index in [1.807, 2.05) is 0 Å². The molecule has 0 bridgehead atoms. The highest BCUT2D eigenvalue weighted by Gasteiger charge is 2.23. The summed E-state index contributed by atoms with van der Waals surface area (Å²) in [5, 5.41) is 15.1. The number of hydrogen-bond acceptors (Lipinski definition) is 5. The third-order valence-corrected chi connectivity index (χ3v) is 2.59. The van der Waals surface area contributed by atoms with Gasteiger partial charge in [0.25, 0.3) is 5.69 Å². The van der Waals surface area contributed by atoms with Crippen molar-refractivity contribution in [3.05, 3.63) is 40.7 Å². The molecule has 0 unspecified atom stereocenters. The Labute approximate surface area is 102 Å². The summed E-state index contributed by atoms with van der Waals surface area (Å²) in [6.45, 7) is 0.828. The molecule has 7 nitrogen and oxygen atoms in total. The van der Waals surface area contributed by atoms with Crippen molar-refractivity contribution in [2.45, 2.75) is 0 Å². The van der Waals surface area contributed by atoms with Crippen LogP contribution < -0.4 is 9.47 Å². The van der Waals surface area contributed by atoms with E-state index in [1.165, 1.54) is 10.7 Å². The van der Waals surface area contributed by atoms with Gasteiger partial charge >= 0.3 is 0 Å². The average molecular weight is 247 g/mol. The van der Waals surface area contributed by atoms with E-state index < -0.39 is 4.92 Å². The minimum absolute atomic E-state index is 0.0667. The van der Waals surface area contributed by atoms with Crippen LogP contribution in [-0.4, -0.2) is 27.9 Å². The standard InChI is InChI=1S/C11H9N3O4/c15-14(16)9-7-11-10(17-4-5-18-11)6-8(9)13-3-1-2-12-13/h1-3,6-7H,4-5H2. The van der Waals surface area contributed by atoms with E-state index >= 15 is 0 Å². The third kappa shape index (κ3) is 1.65. The Morgan fingerprint density at radius 2 is 2.00 bits per heavy atom. The minimum Gasteiger partial charge on any atom is -0.486 e. The number of benzene rings is 1. The molecule has 2 aromatic rings. The number of nitro groups is 1. The average Bonchev–Trinajstić information content (AvgIpc) is 2.91. The molecule has 1 aromatic carbocycles. The Kier molecular flexibility index (Phi) is 2.36. The van der Waals surface area contributed by atoms with E-state index in [1.54, 1.807) is 24.5 Å². The zero-order valence-electron chi connectivity index (χ0n) is 9.28. The van der Waals surface area contributed by atoms with Crippen molar-refractivity contribution >= 4 is 5.69 Å². The predicted octanol–water partition coefficient (Wildman–Crippen LogP) is 1.55. The summed E-state index contributed by atoms with van der Waals surface area (Å²) in [6, 6.07) is 4.63. The quantitative estimate of drug-likeness (QED) is 0.594. The van der Waals surface area contributed by atoms with Gasteiger partial charge in [0.1, 0.15) is 18.9 Å². The molecule has 0 aliphatic carbocycles. The first-order chi connectivity index (χ1) is 8.75. The van der Waals surface area contributed by atoms with Gasteiger partial charge in [-0.05, 0) is 6.07 Å². The van der Waals surface area contributed by atoms with Crippen LogP contribution in [0.3, 0.4) is 0 Å². The maximum absolute atomic E-state index is 11.1. The Bertz CT molecular complexity index is 595. The number of hydrogen-bond donors (Lipinski definition) is 0. The van der Waals surface area contributed by atoms with E-state index in [0.29, 0.717) is 30.4 Å². The molecule has 1 aliphatic heterocycles. The Hall–Kier alpha value is -2.57. The number of aromatic nitrogens is 2. The van der Waals surface area contributed by atoms with Crippen molar-refractivity contribution in [2.24, 2.45) is 0 Å². The summed E-state index contributed by atoms with van der Waals surface area (Å²) in [7, 11) is 0. The lowest BCUT2D eigenvalue weighted by atomic mass is 10.2. The highest BCUT2D eigenvalue weighted by molar-refractivity contribution is 5.61. The van der Waals surface area contributed by atoms with Crippen molar-refractivity contribution in [2.75, 3.05) is 13.2 Å². The van der Waals surface area contributed by atoms with Gasteiger partial charge in [0.2, 0.25) is 0 Å². The van der Waals surface area contributed by atoms with Gasteiger partial charge in [0.05, 0.1) is 11.0 Å². The largest absolute Gasteiger partial charge is 0.486 e. The molecule has 7 heteroatoms. The molecule has 1 aliphatic rings. The van der Waals surface area contributed by atoms with E-state index in [2.05, 4.69) is 5.10 Å². The molecule has 0 fully saturated rings. The lowest BCUT2D eigenvalue weighted by Gasteiger charge is -2.18. The van der Waals surface area contributed by atoms with Crippen LogP contribution in [-0.2, 0) is 0 Å². The molecule has 1 aromatic heterocycles.